The second-order valence-electron chi connectivity index (χ2n) is 8.91. The van der Waals surface area contributed by atoms with Crippen LogP contribution in [0.5, 0.6) is 0 Å². The molecule has 0 bridgehead atoms. The van der Waals surface area contributed by atoms with Crippen LogP contribution in [0.2, 0.25) is 5.02 Å². The van der Waals surface area contributed by atoms with Gasteiger partial charge in [0.15, 0.2) is 0 Å². The molecule has 7 nitrogen and oxygen atoms in total. The maximum atomic E-state index is 12.8. The standard InChI is InChI=1S/C27H23ClN2O5/c28-23-13-16(9-10-21(23)24(31)32)30-25(33)27(11-12-27)15-29-26(34)35-14-22-19-7-3-1-5-17(19)18-6-2-4-8-20(18)22/h1-10,13,22H,11-12,14-15H2,(H,29,34)(H,30,33)(H,31,32). The number of carbonyl (C=O) groups excluding carboxylic acids is 2. The summed E-state index contributed by atoms with van der Waals surface area (Å²) in [6.07, 6.45) is 0.687. The minimum Gasteiger partial charge on any atom is -0.478 e. The summed E-state index contributed by atoms with van der Waals surface area (Å²) in [6.45, 7) is 0.351. The number of ether oxygens (including phenoxy) is 1. The van der Waals surface area contributed by atoms with Gasteiger partial charge in [0, 0.05) is 18.2 Å². The average Bonchev–Trinajstić information content (AvgIpc) is 3.58. The SMILES string of the molecule is O=C(NCC1(C(=O)Nc2ccc(C(=O)O)c(Cl)c2)CC1)OCC1c2ccccc2-c2ccccc21. The Morgan fingerprint density at radius 2 is 1.60 bits per heavy atom. The molecule has 0 spiro atoms. The van der Waals surface area contributed by atoms with Gasteiger partial charge in [-0.05, 0) is 53.3 Å². The van der Waals surface area contributed by atoms with Crippen molar-refractivity contribution in [3.63, 3.8) is 0 Å². The maximum absolute atomic E-state index is 12.8. The molecule has 8 heteroatoms. The first-order valence-corrected chi connectivity index (χ1v) is 11.7. The van der Waals surface area contributed by atoms with Crippen LogP contribution in [0.4, 0.5) is 10.5 Å². The number of aromatic carboxylic acids is 1. The molecule has 0 radical (unpaired) electrons. The van der Waals surface area contributed by atoms with Crippen LogP contribution < -0.4 is 10.6 Å². The van der Waals surface area contributed by atoms with Crippen LogP contribution in [0.1, 0.15) is 40.2 Å². The number of benzene rings is 3. The third-order valence-electron chi connectivity index (χ3n) is 6.71. The third-order valence-corrected chi connectivity index (χ3v) is 7.02. The van der Waals surface area contributed by atoms with E-state index in [1.165, 1.54) is 18.2 Å². The molecular weight excluding hydrogens is 468 g/mol. The second-order valence-corrected chi connectivity index (χ2v) is 9.32. The zero-order valence-electron chi connectivity index (χ0n) is 18.7. The van der Waals surface area contributed by atoms with E-state index in [1.54, 1.807) is 0 Å². The van der Waals surface area contributed by atoms with Gasteiger partial charge >= 0.3 is 12.1 Å². The lowest BCUT2D eigenvalue weighted by atomic mass is 9.98. The Kier molecular flexibility index (Phi) is 5.94. The first-order chi connectivity index (χ1) is 16.9. The van der Waals surface area contributed by atoms with Crippen LogP contribution in [0.25, 0.3) is 11.1 Å². The maximum Gasteiger partial charge on any atom is 0.407 e. The molecule has 0 saturated heterocycles. The number of halogens is 1. The van der Waals surface area contributed by atoms with Gasteiger partial charge in [0.1, 0.15) is 6.61 Å². The summed E-state index contributed by atoms with van der Waals surface area (Å²) in [7, 11) is 0. The number of anilines is 1. The Bertz CT molecular complexity index is 1290. The van der Waals surface area contributed by atoms with Gasteiger partial charge in [-0.3, -0.25) is 4.79 Å². The largest absolute Gasteiger partial charge is 0.478 e. The van der Waals surface area contributed by atoms with E-state index in [0.29, 0.717) is 18.5 Å². The fourth-order valence-corrected chi connectivity index (χ4v) is 4.82. The molecule has 0 aliphatic heterocycles. The first-order valence-electron chi connectivity index (χ1n) is 11.3. The van der Waals surface area contributed by atoms with E-state index in [9.17, 15) is 14.4 Å². The third kappa shape index (κ3) is 4.47. The molecule has 3 aromatic rings. The number of carboxylic acids is 1. The fraction of sp³-hybridized carbons (Fsp3) is 0.222. The molecular formula is C27H23ClN2O5. The number of rotatable bonds is 7. The Morgan fingerprint density at radius 1 is 0.971 bits per heavy atom. The number of carbonyl (C=O) groups is 3. The fourth-order valence-electron chi connectivity index (χ4n) is 4.56. The van der Waals surface area contributed by atoms with Gasteiger partial charge in [-0.2, -0.15) is 0 Å². The van der Waals surface area contributed by atoms with Gasteiger partial charge in [0.25, 0.3) is 0 Å². The van der Waals surface area contributed by atoms with Crippen LogP contribution in [0, 0.1) is 5.41 Å². The van der Waals surface area contributed by atoms with Crippen molar-refractivity contribution in [1.82, 2.24) is 5.32 Å². The summed E-state index contributed by atoms with van der Waals surface area (Å²) >= 11 is 5.99. The van der Waals surface area contributed by atoms with Crippen molar-refractivity contribution in [3.05, 3.63) is 88.4 Å². The monoisotopic (exact) mass is 490 g/mol. The zero-order chi connectivity index (χ0) is 24.6. The van der Waals surface area contributed by atoms with E-state index in [4.69, 9.17) is 21.4 Å². The van der Waals surface area contributed by atoms with Crippen LogP contribution >= 0.6 is 11.6 Å². The van der Waals surface area contributed by atoms with Gasteiger partial charge in [0.05, 0.1) is 16.0 Å². The molecule has 178 valence electrons. The van der Waals surface area contributed by atoms with E-state index in [1.807, 2.05) is 24.3 Å². The lowest BCUT2D eigenvalue weighted by Gasteiger charge is -2.18. The van der Waals surface area contributed by atoms with Crippen molar-refractivity contribution in [3.8, 4) is 11.1 Å². The zero-order valence-corrected chi connectivity index (χ0v) is 19.5. The molecule has 5 rings (SSSR count). The average molecular weight is 491 g/mol. The number of amides is 2. The highest BCUT2D eigenvalue weighted by atomic mass is 35.5. The topological polar surface area (TPSA) is 105 Å². The van der Waals surface area contributed by atoms with Crippen molar-refractivity contribution < 1.29 is 24.2 Å². The van der Waals surface area contributed by atoms with Crippen LogP contribution in [0.15, 0.2) is 66.7 Å². The molecule has 1 saturated carbocycles. The minimum absolute atomic E-state index is 0.0372. The van der Waals surface area contributed by atoms with E-state index in [2.05, 4.69) is 34.9 Å². The second kappa shape index (κ2) is 9.07. The number of carboxylic acid groups (broad SMARTS) is 1. The number of fused-ring (bicyclic) bond motifs is 3. The van der Waals surface area contributed by atoms with Gasteiger partial charge in [0.2, 0.25) is 5.91 Å². The van der Waals surface area contributed by atoms with E-state index in [0.717, 1.165) is 22.3 Å². The normalized spacial score (nSPS) is 15.0. The lowest BCUT2D eigenvalue weighted by Crippen LogP contribution is -2.37. The summed E-state index contributed by atoms with van der Waals surface area (Å²) in [5.41, 5.74) is 4.22. The lowest BCUT2D eigenvalue weighted by molar-refractivity contribution is -0.120. The smallest absolute Gasteiger partial charge is 0.407 e. The van der Waals surface area contributed by atoms with Crippen LogP contribution in [-0.4, -0.2) is 36.2 Å². The highest BCUT2D eigenvalue weighted by Crippen LogP contribution is 2.46. The molecule has 35 heavy (non-hydrogen) atoms. The highest BCUT2D eigenvalue weighted by Gasteiger charge is 2.50. The molecule has 3 N–H and O–H groups in total. The molecule has 0 heterocycles. The molecule has 0 atom stereocenters. The van der Waals surface area contributed by atoms with Crippen molar-refractivity contribution in [2.45, 2.75) is 18.8 Å². The molecule has 0 aromatic heterocycles. The van der Waals surface area contributed by atoms with E-state index < -0.39 is 17.5 Å². The molecule has 2 amide bonds. The Hall–Kier alpha value is -3.84. The molecule has 1 fully saturated rings. The quantitative estimate of drug-likeness (QED) is 0.417. The Labute approximate surface area is 207 Å². The summed E-state index contributed by atoms with van der Waals surface area (Å²) in [5.74, 6) is -1.43. The van der Waals surface area contributed by atoms with Crippen LogP contribution in [-0.2, 0) is 9.53 Å². The predicted molar refractivity (Wildman–Crippen MR) is 132 cm³/mol. The van der Waals surface area contributed by atoms with E-state index in [-0.39, 0.29) is 35.6 Å². The van der Waals surface area contributed by atoms with Crippen molar-refractivity contribution in [2.75, 3.05) is 18.5 Å². The molecule has 0 unspecified atom stereocenters. The van der Waals surface area contributed by atoms with Crippen molar-refractivity contribution in [2.24, 2.45) is 5.41 Å². The Balaban J connectivity index is 1.17. The Morgan fingerprint density at radius 3 is 2.17 bits per heavy atom. The summed E-state index contributed by atoms with van der Waals surface area (Å²) in [5, 5.41) is 14.6. The van der Waals surface area contributed by atoms with Crippen molar-refractivity contribution >= 4 is 35.3 Å². The van der Waals surface area contributed by atoms with Gasteiger partial charge < -0.3 is 20.5 Å². The summed E-state index contributed by atoms with van der Waals surface area (Å²) < 4.78 is 5.56. The van der Waals surface area contributed by atoms with Gasteiger partial charge in [-0.25, -0.2) is 9.59 Å². The molecule has 2 aliphatic rings. The summed E-state index contributed by atoms with van der Waals surface area (Å²) in [6, 6.07) is 20.5. The van der Waals surface area contributed by atoms with E-state index >= 15 is 0 Å². The van der Waals surface area contributed by atoms with Gasteiger partial charge in [-0.1, -0.05) is 60.1 Å². The molecule has 3 aromatic carbocycles. The number of hydrogen-bond acceptors (Lipinski definition) is 4. The minimum atomic E-state index is -1.14. The summed E-state index contributed by atoms with van der Waals surface area (Å²) in [4.78, 5) is 36.4. The number of alkyl carbamates (subject to hydrolysis) is 1. The molecule has 2 aliphatic carbocycles. The van der Waals surface area contributed by atoms with Gasteiger partial charge in [-0.15, -0.1) is 0 Å². The highest BCUT2D eigenvalue weighted by molar-refractivity contribution is 6.33. The van der Waals surface area contributed by atoms with Crippen LogP contribution in [0.3, 0.4) is 0 Å². The number of nitrogens with one attached hydrogen (secondary N) is 2. The number of hydrogen-bond donors (Lipinski definition) is 3. The first kappa shape index (κ1) is 22.9. The van der Waals surface area contributed by atoms with Crippen molar-refractivity contribution in [1.29, 1.82) is 0 Å². The predicted octanol–water partition coefficient (Wildman–Crippen LogP) is 5.30.